The van der Waals surface area contributed by atoms with Crippen molar-refractivity contribution in [3.8, 4) is 0 Å². The van der Waals surface area contributed by atoms with Crippen LogP contribution in [-0.2, 0) is 25.6 Å². The summed E-state index contributed by atoms with van der Waals surface area (Å²) in [5.41, 5.74) is 1.58. The van der Waals surface area contributed by atoms with Crippen LogP contribution in [0.15, 0.2) is 66.7 Å². The number of hydrogen-bond donors (Lipinski definition) is 0. The standard InChI is InChI=1S/C26H30N2O5/c1-26(2,3)33-25(31)27-17-21(24(30)32-4)15-22(20-13-9-6-10-14-20)28(23(29)18-27)16-19-11-7-5-8-12-19/h5-15,21H,16-18H2,1-4H3/b22-15-. The van der Waals surface area contributed by atoms with Gasteiger partial charge in [0, 0.05) is 12.2 Å². The molecule has 2 aromatic carbocycles. The first kappa shape index (κ1) is 24.0. The summed E-state index contributed by atoms with van der Waals surface area (Å²) in [4.78, 5) is 41.9. The lowest BCUT2D eigenvalue weighted by Gasteiger charge is -2.34. The molecule has 1 aliphatic heterocycles. The van der Waals surface area contributed by atoms with E-state index in [1.165, 1.54) is 12.0 Å². The Morgan fingerprint density at radius 2 is 1.61 bits per heavy atom. The minimum atomic E-state index is -0.774. The van der Waals surface area contributed by atoms with E-state index in [1.807, 2.05) is 60.7 Å². The monoisotopic (exact) mass is 450 g/mol. The van der Waals surface area contributed by atoms with Gasteiger partial charge in [-0.25, -0.2) is 4.79 Å². The van der Waals surface area contributed by atoms with Crippen LogP contribution in [-0.4, -0.2) is 53.6 Å². The van der Waals surface area contributed by atoms with Gasteiger partial charge in [0.05, 0.1) is 19.6 Å². The van der Waals surface area contributed by atoms with Crippen molar-refractivity contribution in [1.82, 2.24) is 9.80 Å². The molecule has 0 N–H and O–H groups in total. The average molecular weight is 451 g/mol. The lowest BCUT2D eigenvalue weighted by molar-refractivity contribution is -0.145. The van der Waals surface area contributed by atoms with E-state index in [4.69, 9.17) is 9.47 Å². The van der Waals surface area contributed by atoms with Crippen molar-refractivity contribution >= 4 is 23.7 Å². The first-order valence-electron chi connectivity index (χ1n) is 10.8. The van der Waals surface area contributed by atoms with Crippen molar-refractivity contribution in [2.24, 2.45) is 5.92 Å². The Morgan fingerprint density at radius 1 is 1.00 bits per heavy atom. The van der Waals surface area contributed by atoms with Crippen molar-refractivity contribution in [3.05, 3.63) is 77.9 Å². The third-order valence-corrected chi connectivity index (χ3v) is 5.10. The molecule has 174 valence electrons. The minimum absolute atomic E-state index is 0.0250. The van der Waals surface area contributed by atoms with Gasteiger partial charge in [0.25, 0.3) is 0 Å². The summed E-state index contributed by atoms with van der Waals surface area (Å²) < 4.78 is 10.5. The van der Waals surface area contributed by atoms with Gasteiger partial charge < -0.3 is 14.4 Å². The number of benzene rings is 2. The molecule has 2 aromatic rings. The van der Waals surface area contributed by atoms with Crippen LogP contribution in [0.2, 0.25) is 0 Å². The van der Waals surface area contributed by atoms with Crippen LogP contribution in [0.1, 0.15) is 31.9 Å². The van der Waals surface area contributed by atoms with E-state index in [0.717, 1.165) is 11.1 Å². The summed E-state index contributed by atoms with van der Waals surface area (Å²) in [6, 6.07) is 19.0. The first-order chi connectivity index (χ1) is 15.7. The number of ether oxygens (including phenoxy) is 2. The lowest BCUT2D eigenvalue weighted by Crippen LogP contribution is -2.48. The van der Waals surface area contributed by atoms with Gasteiger partial charge in [-0.05, 0) is 38.0 Å². The normalized spacial score (nSPS) is 18.6. The number of esters is 1. The van der Waals surface area contributed by atoms with Gasteiger partial charge in [-0.2, -0.15) is 0 Å². The Labute approximate surface area is 194 Å². The Kier molecular flexibility index (Phi) is 7.53. The predicted octanol–water partition coefficient (Wildman–Crippen LogP) is 4.10. The minimum Gasteiger partial charge on any atom is -0.469 e. The van der Waals surface area contributed by atoms with Crippen LogP contribution in [0.3, 0.4) is 0 Å². The molecule has 7 heteroatoms. The molecule has 0 spiro atoms. The molecule has 33 heavy (non-hydrogen) atoms. The molecule has 0 saturated heterocycles. The quantitative estimate of drug-likeness (QED) is 0.656. The SMILES string of the molecule is COC(=O)C1/C=C(/c2ccccc2)N(Cc2ccccc2)C(=O)CN(C(=O)OC(C)(C)C)C1. The Balaban J connectivity index is 2.08. The smallest absolute Gasteiger partial charge is 0.410 e. The van der Waals surface area contributed by atoms with Crippen LogP contribution in [0.4, 0.5) is 4.79 Å². The van der Waals surface area contributed by atoms with E-state index in [0.29, 0.717) is 5.70 Å². The maximum Gasteiger partial charge on any atom is 0.410 e. The van der Waals surface area contributed by atoms with Crippen LogP contribution < -0.4 is 0 Å². The molecule has 0 aliphatic carbocycles. The fourth-order valence-electron chi connectivity index (χ4n) is 3.58. The molecule has 7 nitrogen and oxygen atoms in total. The van der Waals surface area contributed by atoms with Crippen molar-refractivity contribution in [2.75, 3.05) is 20.2 Å². The highest BCUT2D eigenvalue weighted by atomic mass is 16.6. The van der Waals surface area contributed by atoms with Gasteiger partial charge in [-0.15, -0.1) is 0 Å². The molecule has 1 heterocycles. The van der Waals surface area contributed by atoms with Gasteiger partial charge >= 0.3 is 12.1 Å². The van der Waals surface area contributed by atoms with E-state index in [9.17, 15) is 14.4 Å². The number of amides is 2. The number of carbonyl (C=O) groups excluding carboxylic acids is 3. The zero-order valence-corrected chi connectivity index (χ0v) is 19.5. The maximum atomic E-state index is 13.5. The molecule has 1 atom stereocenters. The van der Waals surface area contributed by atoms with Gasteiger partial charge in [0.2, 0.25) is 5.91 Å². The van der Waals surface area contributed by atoms with E-state index < -0.39 is 23.6 Å². The van der Waals surface area contributed by atoms with Gasteiger partial charge in [0.15, 0.2) is 0 Å². The topological polar surface area (TPSA) is 76.2 Å². The average Bonchev–Trinajstić information content (AvgIpc) is 2.78. The second-order valence-electron chi connectivity index (χ2n) is 8.87. The highest BCUT2D eigenvalue weighted by Crippen LogP contribution is 2.27. The first-order valence-corrected chi connectivity index (χ1v) is 10.8. The molecular weight excluding hydrogens is 420 g/mol. The van der Waals surface area contributed by atoms with E-state index in [1.54, 1.807) is 31.7 Å². The Morgan fingerprint density at radius 3 is 2.18 bits per heavy atom. The molecule has 2 amide bonds. The van der Waals surface area contributed by atoms with Gasteiger partial charge in [0.1, 0.15) is 12.1 Å². The zero-order chi connectivity index (χ0) is 24.0. The van der Waals surface area contributed by atoms with E-state index >= 15 is 0 Å². The Hall–Kier alpha value is -3.61. The molecule has 3 rings (SSSR count). The summed E-state index contributed by atoms with van der Waals surface area (Å²) >= 11 is 0. The highest BCUT2D eigenvalue weighted by molar-refractivity contribution is 5.92. The lowest BCUT2D eigenvalue weighted by atomic mass is 10.0. The van der Waals surface area contributed by atoms with Crippen molar-refractivity contribution in [3.63, 3.8) is 0 Å². The number of rotatable bonds is 4. The second kappa shape index (κ2) is 10.3. The molecule has 1 unspecified atom stereocenters. The van der Waals surface area contributed by atoms with Crippen LogP contribution in [0.5, 0.6) is 0 Å². The summed E-state index contributed by atoms with van der Waals surface area (Å²) in [7, 11) is 1.31. The largest absolute Gasteiger partial charge is 0.469 e. The molecular formula is C26H30N2O5. The highest BCUT2D eigenvalue weighted by Gasteiger charge is 2.34. The van der Waals surface area contributed by atoms with Gasteiger partial charge in [-0.3, -0.25) is 14.5 Å². The number of hydrogen-bond acceptors (Lipinski definition) is 5. The van der Waals surface area contributed by atoms with Crippen molar-refractivity contribution < 1.29 is 23.9 Å². The molecule has 0 radical (unpaired) electrons. The van der Waals surface area contributed by atoms with Crippen molar-refractivity contribution in [2.45, 2.75) is 32.9 Å². The molecule has 0 fully saturated rings. The van der Waals surface area contributed by atoms with Crippen molar-refractivity contribution in [1.29, 1.82) is 0 Å². The number of methoxy groups -OCH3 is 1. The third kappa shape index (κ3) is 6.44. The van der Waals surface area contributed by atoms with Crippen LogP contribution >= 0.6 is 0 Å². The van der Waals surface area contributed by atoms with Gasteiger partial charge in [-0.1, -0.05) is 60.7 Å². The second-order valence-corrected chi connectivity index (χ2v) is 8.87. The summed E-state index contributed by atoms with van der Waals surface area (Å²) in [5.74, 6) is -1.54. The van der Waals surface area contributed by atoms with Crippen LogP contribution in [0.25, 0.3) is 5.70 Å². The van der Waals surface area contributed by atoms with E-state index in [2.05, 4.69) is 0 Å². The summed E-state index contributed by atoms with van der Waals surface area (Å²) in [6.45, 7) is 5.30. The summed E-state index contributed by atoms with van der Waals surface area (Å²) in [6.07, 6.45) is 1.06. The maximum absolute atomic E-state index is 13.5. The molecule has 0 saturated carbocycles. The fourth-order valence-corrected chi connectivity index (χ4v) is 3.58. The number of carbonyl (C=O) groups is 3. The molecule has 0 aromatic heterocycles. The van der Waals surface area contributed by atoms with Crippen LogP contribution in [0, 0.1) is 5.92 Å². The number of nitrogens with zero attached hydrogens (tertiary/aromatic N) is 2. The zero-order valence-electron chi connectivity index (χ0n) is 19.5. The Bertz CT molecular complexity index is 1010. The predicted molar refractivity (Wildman–Crippen MR) is 125 cm³/mol. The third-order valence-electron chi connectivity index (χ3n) is 5.10. The summed E-state index contributed by atoms with van der Waals surface area (Å²) in [5, 5.41) is 0. The fraction of sp³-hybridized carbons (Fsp3) is 0.346. The van der Waals surface area contributed by atoms with E-state index in [-0.39, 0.29) is 25.5 Å². The molecule has 1 aliphatic rings. The molecule has 0 bridgehead atoms.